The minimum Gasteiger partial charge on any atom is -0.481 e. The number of carboxylic acids is 1. The fourth-order valence-electron chi connectivity index (χ4n) is 1.14. The molecule has 1 N–H and O–H groups in total. The van der Waals surface area contributed by atoms with Crippen molar-refractivity contribution in [3.05, 3.63) is 24.3 Å². The number of rotatable bonds is 3. The van der Waals surface area contributed by atoms with Crippen LogP contribution in [-0.2, 0) is 11.2 Å². The monoisotopic (exact) mass is 192 g/mol. The van der Waals surface area contributed by atoms with Crippen LogP contribution in [-0.4, -0.2) is 30.7 Å². The molecule has 0 atom stereocenters. The summed E-state index contributed by atoms with van der Waals surface area (Å²) in [7, 11) is 0. The Morgan fingerprint density at radius 1 is 1.50 bits per heavy atom. The van der Waals surface area contributed by atoms with E-state index in [-0.39, 0.29) is 6.42 Å². The molecule has 0 spiro atoms. The molecule has 0 aliphatic rings. The number of carboxylic acid groups (broad SMARTS) is 1. The molecule has 0 bridgehead atoms. The van der Waals surface area contributed by atoms with E-state index >= 15 is 0 Å². The smallest absolute Gasteiger partial charge is 0.303 e. The first-order chi connectivity index (χ1) is 6.75. The van der Waals surface area contributed by atoms with Gasteiger partial charge in [-0.3, -0.25) is 4.79 Å². The van der Waals surface area contributed by atoms with Crippen LogP contribution in [0.4, 0.5) is 0 Å². The van der Waals surface area contributed by atoms with Gasteiger partial charge in [-0.25, -0.2) is 9.50 Å². The Hall–Kier alpha value is -1.98. The molecule has 2 aromatic heterocycles. The predicted octanol–water partition coefficient (Wildman–Crippen LogP) is 0.141. The number of hydrogen-bond donors (Lipinski definition) is 1. The summed E-state index contributed by atoms with van der Waals surface area (Å²) in [6, 6.07) is 0. The second-order valence-electron chi connectivity index (χ2n) is 2.86. The molecule has 2 rings (SSSR count). The van der Waals surface area contributed by atoms with Crippen LogP contribution < -0.4 is 0 Å². The molecule has 0 aliphatic carbocycles. The Balaban J connectivity index is 2.21. The third-order valence-corrected chi connectivity index (χ3v) is 1.82. The van der Waals surface area contributed by atoms with Crippen molar-refractivity contribution in [3.63, 3.8) is 0 Å². The quantitative estimate of drug-likeness (QED) is 0.748. The van der Waals surface area contributed by atoms with Crippen molar-refractivity contribution < 1.29 is 9.90 Å². The van der Waals surface area contributed by atoms with Gasteiger partial charge in [0.2, 0.25) is 0 Å². The Morgan fingerprint density at radius 3 is 3.14 bits per heavy atom. The summed E-state index contributed by atoms with van der Waals surface area (Å²) in [5.41, 5.74) is 0.838. The zero-order valence-electron chi connectivity index (χ0n) is 7.29. The second-order valence-corrected chi connectivity index (χ2v) is 2.86. The van der Waals surface area contributed by atoms with Crippen LogP contribution in [0.25, 0.3) is 5.78 Å². The van der Waals surface area contributed by atoms with E-state index < -0.39 is 5.97 Å². The molecule has 0 aliphatic heterocycles. The van der Waals surface area contributed by atoms with Gasteiger partial charge in [0.15, 0.2) is 0 Å². The summed E-state index contributed by atoms with van der Waals surface area (Å²) >= 11 is 0. The second kappa shape index (κ2) is 3.41. The maximum atomic E-state index is 10.3. The van der Waals surface area contributed by atoms with Crippen LogP contribution >= 0.6 is 0 Å². The molecule has 2 aromatic rings. The maximum Gasteiger partial charge on any atom is 0.303 e. The van der Waals surface area contributed by atoms with Gasteiger partial charge in [0.05, 0.1) is 0 Å². The molecule has 2 heterocycles. The van der Waals surface area contributed by atoms with Crippen LogP contribution in [0.15, 0.2) is 18.7 Å². The average Bonchev–Trinajstić information content (AvgIpc) is 2.61. The zero-order valence-corrected chi connectivity index (χ0v) is 7.29. The molecule has 0 saturated carbocycles. The molecule has 0 fully saturated rings. The topological polar surface area (TPSA) is 80.4 Å². The Morgan fingerprint density at radius 2 is 2.36 bits per heavy atom. The van der Waals surface area contributed by atoms with E-state index in [1.54, 1.807) is 12.4 Å². The number of aliphatic carboxylic acids is 1. The van der Waals surface area contributed by atoms with Gasteiger partial charge >= 0.3 is 5.97 Å². The molecular formula is C8H8N4O2. The lowest BCUT2D eigenvalue weighted by molar-refractivity contribution is -0.136. The van der Waals surface area contributed by atoms with Gasteiger partial charge in [-0.15, -0.1) is 0 Å². The molecule has 14 heavy (non-hydrogen) atoms. The molecule has 0 amide bonds. The molecular weight excluding hydrogens is 184 g/mol. The van der Waals surface area contributed by atoms with Gasteiger partial charge in [0.25, 0.3) is 5.78 Å². The lowest BCUT2D eigenvalue weighted by Gasteiger charge is -1.97. The van der Waals surface area contributed by atoms with Gasteiger partial charge in [-0.05, 0) is 12.0 Å². The van der Waals surface area contributed by atoms with Crippen molar-refractivity contribution in [2.45, 2.75) is 12.8 Å². The van der Waals surface area contributed by atoms with E-state index in [0.29, 0.717) is 12.2 Å². The van der Waals surface area contributed by atoms with Gasteiger partial charge < -0.3 is 5.11 Å². The molecule has 0 radical (unpaired) electrons. The molecule has 6 nitrogen and oxygen atoms in total. The van der Waals surface area contributed by atoms with E-state index in [9.17, 15) is 4.79 Å². The number of hydrogen-bond acceptors (Lipinski definition) is 4. The van der Waals surface area contributed by atoms with E-state index in [1.807, 2.05) is 0 Å². The highest BCUT2D eigenvalue weighted by molar-refractivity contribution is 5.67. The van der Waals surface area contributed by atoms with Crippen LogP contribution in [0.2, 0.25) is 0 Å². The largest absolute Gasteiger partial charge is 0.481 e. The van der Waals surface area contributed by atoms with Crippen LogP contribution in [0, 0.1) is 0 Å². The molecule has 0 unspecified atom stereocenters. The first-order valence-electron chi connectivity index (χ1n) is 4.12. The highest BCUT2D eigenvalue weighted by Crippen LogP contribution is 2.02. The third-order valence-electron chi connectivity index (χ3n) is 1.82. The number of fused-ring (bicyclic) bond motifs is 1. The van der Waals surface area contributed by atoms with Gasteiger partial charge in [-0.1, -0.05) is 0 Å². The Kier molecular flexibility index (Phi) is 2.10. The summed E-state index contributed by atoms with van der Waals surface area (Å²) in [4.78, 5) is 18.2. The van der Waals surface area contributed by atoms with Crippen molar-refractivity contribution in [3.8, 4) is 0 Å². The van der Waals surface area contributed by atoms with Crippen LogP contribution in [0.1, 0.15) is 12.0 Å². The first-order valence-corrected chi connectivity index (χ1v) is 4.12. The summed E-state index contributed by atoms with van der Waals surface area (Å²) in [5, 5.41) is 12.4. The zero-order chi connectivity index (χ0) is 9.97. The maximum absolute atomic E-state index is 10.3. The fraction of sp³-hybridized carbons (Fsp3) is 0.250. The summed E-state index contributed by atoms with van der Waals surface area (Å²) in [6.07, 6.45) is 5.31. The molecule has 72 valence electrons. The van der Waals surface area contributed by atoms with Gasteiger partial charge in [0, 0.05) is 18.8 Å². The van der Waals surface area contributed by atoms with E-state index in [4.69, 9.17) is 5.11 Å². The average molecular weight is 192 g/mol. The van der Waals surface area contributed by atoms with Crippen molar-refractivity contribution >= 4 is 11.7 Å². The van der Waals surface area contributed by atoms with Crippen molar-refractivity contribution in [2.24, 2.45) is 0 Å². The normalized spacial score (nSPS) is 10.6. The number of aromatic nitrogens is 4. The summed E-state index contributed by atoms with van der Waals surface area (Å²) < 4.78 is 1.52. The fourth-order valence-corrected chi connectivity index (χ4v) is 1.14. The van der Waals surface area contributed by atoms with Crippen molar-refractivity contribution in [2.75, 3.05) is 0 Å². The highest BCUT2D eigenvalue weighted by Gasteiger charge is 2.01. The summed E-state index contributed by atoms with van der Waals surface area (Å²) in [5.74, 6) is -0.298. The first kappa shape index (κ1) is 8.61. The minimum absolute atomic E-state index is 0.0991. The lowest BCUT2D eigenvalue weighted by atomic mass is 10.2. The molecule has 6 heteroatoms. The molecule has 0 saturated heterocycles. The SMILES string of the molecule is O=C(O)CCc1cnc2ncnn2c1. The lowest BCUT2D eigenvalue weighted by Crippen LogP contribution is -2.00. The minimum atomic E-state index is -0.816. The van der Waals surface area contributed by atoms with E-state index in [0.717, 1.165) is 5.56 Å². The summed E-state index contributed by atoms with van der Waals surface area (Å²) in [6.45, 7) is 0. The van der Waals surface area contributed by atoms with Crippen molar-refractivity contribution in [1.82, 2.24) is 19.6 Å². The van der Waals surface area contributed by atoms with E-state index in [2.05, 4.69) is 15.1 Å². The van der Waals surface area contributed by atoms with Gasteiger partial charge in [-0.2, -0.15) is 10.1 Å². The number of aryl methyl sites for hydroxylation is 1. The Labute approximate surface area is 79.2 Å². The van der Waals surface area contributed by atoms with Crippen LogP contribution in [0.5, 0.6) is 0 Å². The highest BCUT2D eigenvalue weighted by atomic mass is 16.4. The molecule has 0 aromatic carbocycles. The Bertz CT molecular complexity index is 465. The third kappa shape index (κ3) is 1.68. The van der Waals surface area contributed by atoms with E-state index in [1.165, 1.54) is 10.8 Å². The number of carbonyl (C=O) groups is 1. The standard InChI is InChI=1S/C8H8N4O2/c13-7(14)2-1-6-3-9-8-10-5-11-12(8)4-6/h3-5H,1-2H2,(H,13,14). The number of nitrogens with zero attached hydrogens (tertiary/aromatic N) is 4. The predicted molar refractivity (Wildman–Crippen MR) is 46.7 cm³/mol. The van der Waals surface area contributed by atoms with Crippen LogP contribution in [0.3, 0.4) is 0 Å². The van der Waals surface area contributed by atoms with Crippen molar-refractivity contribution in [1.29, 1.82) is 0 Å². The van der Waals surface area contributed by atoms with Gasteiger partial charge in [0.1, 0.15) is 6.33 Å².